The molecule has 1 aromatic carbocycles. The zero-order chi connectivity index (χ0) is 20.3. The van der Waals surface area contributed by atoms with Crippen molar-refractivity contribution >= 4 is 17.9 Å². The third kappa shape index (κ3) is 7.41. The zero-order valence-electron chi connectivity index (χ0n) is 16.5. The predicted octanol–water partition coefficient (Wildman–Crippen LogP) is 3.24. The van der Waals surface area contributed by atoms with Gasteiger partial charge in [-0.15, -0.1) is 0 Å². The summed E-state index contributed by atoms with van der Waals surface area (Å²) >= 11 is 0. The molecule has 2 amide bonds. The fourth-order valence-corrected chi connectivity index (χ4v) is 3.30. The van der Waals surface area contributed by atoms with Crippen LogP contribution in [-0.4, -0.2) is 29.4 Å². The van der Waals surface area contributed by atoms with E-state index < -0.39 is 0 Å². The summed E-state index contributed by atoms with van der Waals surface area (Å²) in [5.74, 6) is 0.321. The van der Waals surface area contributed by atoms with Crippen molar-refractivity contribution in [3.8, 4) is 5.75 Å². The molecule has 2 N–H and O–H groups in total. The molecule has 29 heavy (non-hydrogen) atoms. The fraction of sp³-hybridized carbons (Fsp3) is 0.348. The molecule has 1 fully saturated rings. The Morgan fingerprint density at radius 2 is 2.00 bits per heavy atom. The number of pyridine rings is 1. The summed E-state index contributed by atoms with van der Waals surface area (Å²) in [6, 6.07) is 11.3. The van der Waals surface area contributed by atoms with Gasteiger partial charge in [0, 0.05) is 31.1 Å². The Morgan fingerprint density at radius 3 is 2.79 bits per heavy atom. The van der Waals surface area contributed by atoms with E-state index in [1.807, 2.05) is 24.3 Å². The Labute approximate surface area is 171 Å². The van der Waals surface area contributed by atoms with Crippen LogP contribution in [0.4, 0.5) is 0 Å². The molecule has 6 nitrogen and oxygen atoms in total. The van der Waals surface area contributed by atoms with Gasteiger partial charge in [-0.1, -0.05) is 37.5 Å². The number of carbonyl (C=O) groups excluding carboxylic acids is 2. The molecule has 1 saturated carbocycles. The number of amides is 2. The molecule has 2 aromatic rings. The molecule has 1 aliphatic carbocycles. The molecule has 0 bridgehead atoms. The van der Waals surface area contributed by atoms with Crippen LogP contribution in [0, 0.1) is 0 Å². The standard InChI is InChI=1S/C23H27N3O3/c27-22(25-16-19-7-5-13-24-15-19)12-11-18-6-4-10-21(14-18)29-17-23(28)26-20-8-2-1-3-9-20/h4-7,10-15,20H,1-3,8-9,16-17H2,(H,25,27)(H,26,28). The van der Waals surface area contributed by atoms with Crippen LogP contribution in [0.2, 0.25) is 0 Å². The molecule has 0 radical (unpaired) electrons. The van der Waals surface area contributed by atoms with Crippen LogP contribution >= 0.6 is 0 Å². The van der Waals surface area contributed by atoms with Crippen LogP contribution in [0.25, 0.3) is 6.08 Å². The number of rotatable bonds is 8. The maximum absolute atomic E-state index is 12.1. The minimum Gasteiger partial charge on any atom is -0.484 e. The first kappa shape index (κ1) is 20.6. The third-order valence-electron chi connectivity index (χ3n) is 4.81. The van der Waals surface area contributed by atoms with Crippen molar-refractivity contribution in [2.75, 3.05) is 6.61 Å². The van der Waals surface area contributed by atoms with Gasteiger partial charge in [0.15, 0.2) is 6.61 Å². The highest BCUT2D eigenvalue weighted by Gasteiger charge is 2.15. The van der Waals surface area contributed by atoms with Gasteiger partial charge in [0.1, 0.15) is 5.75 Å². The third-order valence-corrected chi connectivity index (χ3v) is 4.81. The molecule has 1 aliphatic rings. The van der Waals surface area contributed by atoms with Crippen LogP contribution in [-0.2, 0) is 16.1 Å². The van der Waals surface area contributed by atoms with E-state index in [0.29, 0.717) is 12.3 Å². The van der Waals surface area contributed by atoms with Crippen molar-refractivity contribution in [3.05, 3.63) is 66.0 Å². The number of nitrogens with one attached hydrogen (secondary N) is 2. The van der Waals surface area contributed by atoms with Gasteiger partial charge in [-0.3, -0.25) is 14.6 Å². The molecule has 0 spiro atoms. The average Bonchev–Trinajstić information content (AvgIpc) is 2.76. The van der Waals surface area contributed by atoms with E-state index in [2.05, 4.69) is 15.6 Å². The summed E-state index contributed by atoms with van der Waals surface area (Å²) < 4.78 is 5.61. The summed E-state index contributed by atoms with van der Waals surface area (Å²) in [5, 5.41) is 5.85. The van der Waals surface area contributed by atoms with Crippen molar-refractivity contribution in [2.24, 2.45) is 0 Å². The second-order valence-corrected chi connectivity index (χ2v) is 7.18. The lowest BCUT2D eigenvalue weighted by atomic mass is 9.95. The minimum absolute atomic E-state index is 0.00470. The highest BCUT2D eigenvalue weighted by Crippen LogP contribution is 2.18. The summed E-state index contributed by atoms with van der Waals surface area (Å²) in [5.41, 5.74) is 1.77. The van der Waals surface area contributed by atoms with Gasteiger partial charge in [-0.05, 0) is 48.2 Å². The second-order valence-electron chi connectivity index (χ2n) is 7.18. The molecule has 1 heterocycles. The van der Waals surface area contributed by atoms with Crippen molar-refractivity contribution in [3.63, 3.8) is 0 Å². The van der Waals surface area contributed by atoms with Gasteiger partial charge in [0.05, 0.1) is 0 Å². The molecule has 152 valence electrons. The number of carbonyl (C=O) groups is 2. The molecular weight excluding hydrogens is 366 g/mol. The van der Waals surface area contributed by atoms with E-state index in [9.17, 15) is 9.59 Å². The normalized spacial score (nSPS) is 14.5. The maximum Gasteiger partial charge on any atom is 0.258 e. The Kier molecular flexibility index (Phi) is 7.81. The van der Waals surface area contributed by atoms with Gasteiger partial charge in [0.2, 0.25) is 5.91 Å². The predicted molar refractivity (Wildman–Crippen MR) is 112 cm³/mol. The van der Waals surface area contributed by atoms with Crippen LogP contribution in [0.3, 0.4) is 0 Å². The second kappa shape index (κ2) is 11.0. The lowest BCUT2D eigenvalue weighted by Gasteiger charge is -2.22. The first-order chi connectivity index (χ1) is 14.2. The van der Waals surface area contributed by atoms with Gasteiger partial charge >= 0.3 is 0 Å². The van der Waals surface area contributed by atoms with Gasteiger partial charge in [-0.25, -0.2) is 0 Å². The van der Waals surface area contributed by atoms with Crippen LogP contribution in [0.5, 0.6) is 5.75 Å². The lowest BCUT2D eigenvalue weighted by Crippen LogP contribution is -2.38. The van der Waals surface area contributed by atoms with Gasteiger partial charge in [0.25, 0.3) is 5.91 Å². The van der Waals surface area contributed by atoms with E-state index in [0.717, 1.165) is 24.0 Å². The molecule has 1 aromatic heterocycles. The zero-order valence-corrected chi connectivity index (χ0v) is 16.5. The maximum atomic E-state index is 12.1. The highest BCUT2D eigenvalue weighted by molar-refractivity contribution is 5.91. The summed E-state index contributed by atoms with van der Waals surface area (Å²) in [7, 11) is 0. The monoisotopic (exact) mass is 393 g/mol. The minimum atomic E-state index is -0.188. The number of hydrogen-bond acceptors (Lipinski definition) is 4. The quantitative estimate of drug-likeness (QED) is 0.675. The van der Waals surface area contributed by atoms with Crippen LogP contribution in [0.1, 0.15) is 43.2 Å². The first-order valence-corrected chi connectivity index (χ1v) is 10.1. The lowest BCUT2D eigenvalue weighted by molar-refractivity contribution is -0.124. The Hall–Kier alpha value is -3.15. The molecule has 0 atom stereocenters. The molecule has 6 heteroatoms. The largest absolute Gasteiger partial charge is 0.484 e. The summed E-state index contributed by atoms with van der Waals surface area (Å²) in [6.07, 6.45) is 12.3. The molecular formula is C23H27N3O3. The van der Waals surface area contributed by atoms with Crippen molar-refractivity contribution in [2.45, 2.75) is 44.7 Å². The SMILES string of the molecule is O=C(C=Cc1cccc(OCC(=O)NC2CCCCC2)c1)NCc1cccnc1. The van der Waals surface area contributed by atoms with Crippen LogP contribution in [0.15, 0.2) is 54.9 Å². The number of aromatic nitrogens is 1. The first-order valence-electron chi connectivity index (χ1n) is 10.1. The van der Waals surface area contributed by atoms with Gasteiger partial charge < -0.3 is 15.4 Å². The number of nitrogens with zero attached hydrogens (tertiary/aromatic N) is 1. The number of ether oxygens (including phenoxy) is 1. The Morgan fingerprint density at radius 1 is 1.14 bits per heavy atom. The Bertz CT molecular complexity index is 830. The van der Waals surface area contributed by atoms with E-state index in [-0.39, 0.29) is 24.5 Å². The fourth-order valence-electron chi connectivity index (χ4n) is 3.30. The topological polar surface area (TPSA) is 80.3 Å². The van der Waals surface area contributed by atoms with Crippen LogP contribution < -0.4 is 15.4 Å². The van der Waals surface area contributed by atoms with Crippen molar-refractivity contribution in [1.29, 1.82) is 0 Å². The highest BCUT2D eigenvalue weighted by atomic mass is 16.5. The van der Waals surface area contributed by atoms with Gasteiger partial charge in [-0.2, -0.15) is 0 Å². The average molecular weight is 393 g/mol. The number of benzene rings is 1. The summed E-state index contributed by atoms with van der Waals surface area (Å²) in [4.78, 5) is 28.1. The van der Waals surface area contributed by atoms with E-state index >= 15 is 0 Å². The molecule has 0 saturated heterocycles. The van der Waals surface area contributed by atoms with E-state index in [1.165, 1.54) is 25.3 Å². The molecule has 0 unspecified atom stereocenters. The van der Waals surface area contributed by atoms with E-state index in [4.69, 9.17) is 4.74 Å². The van der Waals surface area contributed by atoms with Crippen molar-refractivity contribution in [1.82, 2.24) is 15.6 Å². The molecule has 0 aliphatic heterocycles. The Balaban J connectivity index is 1.44. The molecule has 3 rings (SSSR count). The van der Waals surface area contributed by atoms with Crippen molar-refractivity contribution < 1.29 is 14.3 Å². The van der Waals surface area contributed by atoms with E-state index in [1.54, 1.807) is 30.6 Å². The summed E-state index contributed by atoms with van der Waals surface area (Å²) in [6.45, 7) is 0.422. The smallest absolute Gasteiger partial charge is 0.258 e. The number of hydrogen-bond donors (Lipinski definition) is 2.